The lowest BCUT2D eigenvalue weighted by molar-refractivity contribution is 0.170. The van der Waals surface area contributed by atoms with E-state index in [0.717, 1.165) is 19.6 Å². The van der Waals surface area contributed by atoms with Gasteiger partial charge in [0.1, 0.15) is 5.76 Å². The van der Waals surface area contributed by atoms with E-state index in [1.54, 1.807) is 19.2 Å². The second-order valence-corrected chi connectivity index (χ2v) is 7.72. The van der Waals surface area contributed by atoms with Gasteiger partial charge in [0.15, 0.2) is 0 Å². The number of piperazine rings is 1. The molecule has 0 aliphatic carbocycles. The van der Waals surface area contributed by atoms with Gasteiger partial charge in [-0.05, 0) is 25.1 Å². The maximum atomic E-state index is 12.5. The molecule has 1 aromatic heterocycles. The minimum atomic E-state index is -3.50. The monoisotopic (exact) mass is 315 g/mol. The highest BCUT2D eigenvalue weighted by Crippen LogP contribution is 2.20. The van der Waals surface area contributed by atoms with Gasteiger partial charge >= 0.3 is 0 Å². The maximum Gasteiger partial charge on any atom is 0.276 e. The molecule has 0 bridgehead atoms. The van der Waals surface area contributed by atoms with Crippen LogP contribution >= 0.6 is 0 Å². The Morgan fingerprint density at radius 3 is 2.48 bits per heavy atom. The first-order chi connectivity index (χ1) is 9.93. The summed E-state index contributed by atoms with van der Waals surface area (Å²) >= 11 is 0. The first-order valence-electron chi connectivity index (χ1n) is 7.39. The number of hydrogen-bond donors (Lipinski definition) is 1. The van der Waals surface area contributed by atoms with Crippen LogP contribution in [0.5, 0.6) is 0 Å². The molecule has 1 fully saturated rings. The molecule has 0 amide bonds. The highest BCUT2D eigenvalue weighted by atomic mass is 32.2. The van der Waals surface area contributed by atoms with E-state index in [1.807, 2.05) is 0 Å². The summed E-state index contributed by atoms with van der Waals surface area (Å²) in [7, 11) is -1.70. The summed E-state index contributed by atoms with van der Waals surface area (Å²) < 4.78 is 32.0. The maximum absolute atomic E-state index is 12.5. The van der Waals surface area contributed by atoms with Crippen molar-refractivity contribution >= 4 is 10.0 Å². The molecule has 0 radical (unpaired) electrons. The molecule has 0 unspecified atom stereocenters. The minimum Gasteiger partial charge on any atom is -0.447 e. The second-order valence-electron chi connectivity index (χ2n) is 5.85. The van der Waals surface area contributed by atoms with Crippen LogP contribution in [0.3, 0.4) is 0 Å². The molecule has 0 saturated carbocycles. The van der Waals surface area contributed by atoms with Gasteiger partial charge in [-0.25, -0.2) is 8.42 Å². The van der Waals surface area contributed by atoms with Gasteiger partial charge in [0.25, 0.3) is 10.0 Å². The number of sulfonamides is 1. The highest BCUT2D eigenvalue weighted by Gasteiger charge is 2.30. The molecule has 0 spiro atoms. The van der Waals surface area contributed by atoms with Gasteiger partial charge in [0, 0.05) is 32.7 Å². The number of hydrogen-bond acceptors (Lipinski definition) is 5. The van der Waals surface area contributed by atoms with E-state index in [0.29, 0.717) is 31.3 Å². The Kier molecular flexibility index (Phi) is 5.43. The number of nitrogens with one attached hydrogen (secondary N) is 1. The summed E-state index contributed by atoms with van der Waals surface area (Å²) in [5.74, 6) is 1.23. The third-order valence-electron chi connectivity index (χ3n) is 3.54. The summed E-state index contributed by atoms with van der Waals surface area (Å²) in [6, 6.07) is 3.25. The lowest BCUT2D eigenvalue weighted by atomic mass is 10.2. The predicted octanol–water partition coefficient (Wildman–Crippen LogP) is 0.961. The van der Waals surface area contributed by atoms with Crippen LogP contribution in [0.1, 0.15) is 19.6 Å². The largest absolute Gasteiger partial charge is 0.447 e. The van der Waals surface area contributed by atoms with E-state index >= 15 is 0 Å². The van der Waals surface area contributed by atoms with Gasteiger partial charge in [0.05, 0.1) is 6.54 Å². The molecular formula is C14H25N3O3S. The van der Waals surface area contributed by atoms with Crippen LogP contribution in [0.25, 0.3) is 0 Å². The molecule has 6 nitrogen and oxygen atoms in total. The van der Waals surface area contributed by atoms with Crippen LogP contribution in [0.4, 0.5) is 0 Å². The van der Waals surface area contributed by atoms with E-state index in [-0.39, 0.29) is 5.09 Å². The molecule has 1 aliphatic rings. The molecule has 1 aliphatic heterocycles. The fourth-order valence-corrected chi connectivity index (χ4v) is 3.91. The summed E-state index contributed by atoms with van der Waals surface area (Å²) in [6.45, 7) is 8.50. The molecule has 7 heteroatoms. The second kappa shape index (κ2) is 6.91. The topological polar surface area (TPSA) is 65.8 Å². The Labute approximate surface area is 127 Å². The third-order valence-corrected chi connectivity index (χ3v) is 5.31. The molecule has 1 saturated heterocycles. The van der Waals surface area contributed by atoms with Crippen molar-refractivity contribution in [3.05, 3.63) is 17.9 Å². The zero-order valence-electron chi connectivity index (χ0n) is 13.0. The van der Waals surface area contributed by atoms with E-state index in [4.69, 9.17) is 4.42 Å². The van der Waals surface area contributed by atoms with Gasteiger partial charge in [-0.15, -0.1) is 0 Å². The summed E-state index contributed by atoms with van der Waals surface area (Å²) in [4.78, 5) is 2.31. The minimum absolute atomic E-state index is 0.0464. The van der Waals surface area contributed by atoms with Gasteiger partial charge in [-0.2, -0.15) is 4.31 Å². The normalized spacial score (nSPS) is 18.5. The fourth-order valence-electron chi connectivity index (χ4n) is 2.56. The third kappa shape index (κ3) is 4.06. The molecule has 120 valence electrons. The van der Waals surface area contributed by atoms with Crippen LogP contribution in [-0.4, -0.2) is 57.4 Å². The summed E-state index contributed by atoms with van der Waals surface area (Å²) in [5.41, 5.74) is 0. The van der Waals surface area contributed by atoms with Gasteiger partial charge in [-0.1, -0.05) is 13.8 Å². The Morgan fingerprint density at radius 2 is 1.90 bits per heavy atom. The van der Waals surface area contributed by atoms with Crippen molar-refractivity contribution < 1.29 is 12.8 Å². The van der Waals surface area contributed by atoms with Crippen molar-refractivity contribution in [1.82, 2.24) is 14.5 Å². The van der Waals surface area contributed by atoms with Crippen LogP contribution in [0.2, 0.25) is 0 Å². The van der Waals surface area contributed by atoms with Gasteiger partial charge < -0.3 is 14.6 Å². The van der Waals surface area contributed by atoms with Crippen LogP contribution in [0, 0.1) is 5.92 Å². The van der Waals surface area contributed by atoms with Gasteiger partial charge in [0.2, 0.25) is 5.09 Å². The van der Waals surface area contributed by atoms with Crippen LogP contribution in [-0.2, 0) is 16.6 Å². The van der Waals surface area contributed by atoms with Crippen molar-refractivity contribution in [2.75, 3.05) is 39.8 Å². The Balaban J connectivity index is 2.00. The smallest absolute Gasteiger partial charge is 0.276 e. The van der Waals surface area contributed by atoms with Crippen molar-refractivity contribution in [2.45, 2.75) is 25.5 Å². The molecule has 21 heavy (non-hydrogen) atoms. The molecule has 1 N–H and O–H groups in total. The van der Waals surface area contributed by atoms with Crippen molar-refractivity contribution in [3.63, 3.8) is 0 Å². The summed E-state index contributed by atoms with van der Waals surface area (Å²) in [5, 5.41) is 2.99. The SMILES string of the molecule is CNCc1ccc(S(=O)(=O)N2CCN(CC(C)C)CC2)o1. The fraction of sp³-hybridized carbons (Fsp3) is 0.714. The lowest BCUT2D eigenvalue weighted by Gasteiger charge is -2.34. The number of nitrogens with zero attached hydrogens (tertiary/aromatic N) is 2. The highest BCUT2D eigenvalue weighted by molar-refractivity contribution is 7.89. The standard InChI is InChI=1S/C14H25N3O3S/c1-12(2)11-16-6-8-17(9-7-16)21(18,19)14-5-4-13(20-14)10-15-3/h4-5,12,15H,6-11H2,1-3H3. The molecule has 0 atom stereocenters. The molecule has 1 aromatic rings. The summed E-state index contributed by atoms with van der Waals surface area (Å²) in [6.07, 6.45) is 0. The quantitative estimate of drug-likeness (QED) is 0.847. The van der Waals surface area contributed by atoms with Crippen LogP contribution < -0.4 is 5.32 Å². The molecular weight excluding hydrogens is 290 g/mol. The number of rotatable bonds is 6. The molecule has 2 rings (SSSR count). The van der Waals surface area contributed by atoms with Crippen LogP contribution in [0.15, 0.2) is 21.6 Å². The number of furan rings is 1. The molecule has 0 aromatic carbocycles. The first kappa shape index (κ1) is 16.5. The van der Waals surface area contributed by atoms with E-state index in [9.17, 15) is 8.42 Å². The Bertz CT molecular complexity index is 546. The average Bonchev–Trinajstić information content (AvgIpc) is 2.88. The molecule has 2 heterocycles. The Hall–Kier alpha value is -0.890. The lowest BCUT2D eigenvalue weighted by Crippen LogP contribution is -2.49. The predicted molar refractivity (Wildman–Crippen MR) is 81.5 cm³/mol. The average molecular weight is 315 g/mol. The van der Waals surface area contributed by atoms with Crippen molar-refractivity contribution in [1.29, 1.82) is 0 Å². The zero-order chi connectivity index (χ0) is 15.5. The van der Waals surface area contributed by atoms with E-state index < -0.39 is 10.0 Å². The zero-order valence-corrected chi connectivity index (χ0v) is 13.8. The van der Waals surface area contributed by atoms with E-state index in [1.165, 1.54) is 4.31 Å². The Morgan fingerprint density at radius 1 is 1.24 bits per heavy atom. The van der Waals surface area contributed by atoms with Crippen molar-refractivity contribution in [2.24, 2.45) is 5.92 Å². The van der Waals surface area contributed by atoms with Gasteiger partial charge in [-0.3, -0.25) is 0 Å². The van der Waals surface area contributed by atoms with E-state index in [2.05, 4.69) is 24.1 Å². The van der Waals surface area contributed by atoms with Crippen molar-refractivity contribution in [3.8, 4) is 0 Å². The first-order valence-corrected chi connectivity index (χ1v) is 8.83.